The molecule has 0 atom stereocenters. The van der Waals surface area contributed by atoms with E-state index in [1.165, 1.54) is 24.3 Å². The highest BCUT2D eigenvalue weighted by atomic mass is 35.5. The minimum absolute atomic E-state index is 0.00511. The molecule has 7 nitrogen and oxygen atoms in total. The van der Waals surface area contributed by atoms with Crippen LogP contribution in [0.25, 0.3) is 0 Å². The van der Waals surface area contributed by atoms with Crippen molar-refractivity contribution in [1.29, 1.82) is 0 Å². The number of carbonyl (C=O) groups is 2. The molecule has 0 bridgehead atoms. The van der Waals surface area contributed by atoms with E-state index in [1.54, 1.807) is 0 Å². The molecule has 0 aliphatic rings. The number of rotatable bonds is 4. The van der Waals surface area contributed by atoms with Gasteiger partial charge < -0.3 is 15.2 Å². The smallest absolute Gasteiger partial charge is 0.269 e. The number of nitro groups is 1. The molecule has 0 unspecified atom stereocenters. The number of hydrogen-bond donors (Lipinski definition) is 1. The van der Waals surface area contributed by atoms with Crippen LogP contribution in [0.4, 0.5) is 11.4 Å². The lowest BCUT2D eigenvalue weighted by Crippen LogP contribution is -2.26. The Balaban J connectivity index is 2.32. The topological polar surface area (TPSA) is 112 Å². The van der Waals surface area contributed by atoms with Gasteiger partial charge in [-0.25, -0.2) is 0 Å². The maximum atomic E-state index is 12.2. The zero-order valence-corrected chi connectivity index (χ0v) is 12.7. The molecule has 0 radical (unpaired) electrons. The second-order valence-electron chi connectivity index (χ2n) is 4.36. The molecule has 0 spiro atoms. The molecule has 0 aliphatic carbocycles. The van der Waals surface area contributed by atoms with E-state index in [9.17, 15) is 24.8 Å². The van der Waals surface area contributed by atoms with Gasteiger partial charge in [0, 0.05) is 23.4 Å². The summed E-state index contributed by atoms with van der Waals surface area (Å²) in [6.07, 6.45) is 0. The number of hydrogen-bond acceptors (Lipinski definition) is 5. The summed E-state index contributed by atoms with van der Waals surface area (Å²) in [6.45, 7) is 0. The second kappa shape index (κ2) is 6.64. The summed E-state index contributed by atoms with van der Waals surface area (Å²) in [6, 6.07) is 7.15. The molecule has 0 saturated heterocycles. The van der Waals surface area contributed by atoms with Gasteiger partial charge in [0.2, 0.25) is 0 Å². The number of carboxylic acid groups (broad SMARTS) is 1. The van der Waals surface area contributed by atoms with E-state index < -0.39 is 22.4 Å². The highest BCUT2D eigenvalue weighted by Crippen LogP contribution is 2.26. The first-order chi connectivity index (χ1) is 10.8. The summed E-state index contributed by atoms with van der Waals surface area (Å²) < 4.78 is 0. The van der Waals surface area contributed by atoms with E-state index in [0.29, 0.717) is 0 Å². The third-order valence-electron chi connectivity index (χ3n) is 2.86. The molecule has 1 amide bonds. The molecule has 0 heterocycles. The van der Waals surface area contributed by atoms with E-state index in [0.717, 1.165) is 12.1 Å². The predicted molar refractivity (Wildman–Crippen MR) is 81.8 cm³/mol. The van der Waals surface area contributed by atoms with Crippen LogP contribution in [0.15, 0.2) is 36.4 Å². The lowest BCUT2D eigenvalue weighted by atomic mass is 10.1. The fraction of sp³-hybridized carbons (Fsp3) is 0. The number of benzene rings is 2. The quantitative estimate of drug-likeness (QED) is 0.670. The lowest BCUT2D eigenvalue weighted by Gasteiger charge is -2.12. The number of nitrogens with zero attached hydrogens (tertiary/aromatic N) is 1. The number of carbonyl (C=O) groups excluding carboxylic acids is 2. The van der Waals surface area contributed by atoms with E-state index in [-0.39, 0.29) is 27.0 Å². The zero-order valence-electron chi connectivity index (χ0n) is 11.2. The van der Waals surface area contributed by atoms with Crippen LogP contribution in [0.3, 0.4) is 0 Å². The Kier molecular flexibility index (Phi) is 4.83. The average Bonchev–Trinajstić information content (AvgIpc) is 2.49. The molecule has 0 aromatic heterocycles. The minimum atomic E-state index is -1.59. The first kappa shape index (κ1) is 16.7. The number of halogens is 2. The highest BCUT2D eigenvalue weighted by Gasteiger charge is 2.16. The molecule has 23 heavy (non-hydrogen) atoms. The molecule has 2 aromatic rings. The molecule has 118 valence electrons. The van der Waals surface area contributed by atoms with Gasteiger partial charge in [0.1, 0.15) is 0 Å². The van der Waals surface area contributed by atoms with Crippen molar-refractivity contribution < 1.29 is 19.6 Å². The Labute approximate surface area is 139 Å². The first-order valence-electron chi connectivity index (χ1n) is 6.06. The van der Waals surface area contributed by atoms with E-state index in [2.05, 4.69) is 5.32 Å². The van der Waals surface area contributed by atoms with Gasteiger partial charge in [0.05, 0.1) is 26.5 Å². The maximum Gasteiger partial charge on any atom is 0.269 e. The summed E-state index contributed by atoms with van der Waals surface area (Å²) in [7, 11) is 0. The van der Waals surface area contributed by atoms with E-state index in [4.69, 9.17) is 23.2 Å². The summed E-state index contributed by atoms with van der Waals surface area (Å²) in [5, 5.41) is 24.0. The Morgan fingerprint density at radius 3 is 2.00 bits per heavy atom. The Morgan fingerprint density at radius 1 is 1.00 bits per heavy atom. The van der Waals surface area contributed by atoms with Gasteiger partial charge in [-0.3, -0.25) is 14.9 Å². The van der Waals surface area contributed by atoms with Gasteiger partial charge in [0.25, 0.3) is 11.6 Å². The second-order valence-corrected chi connectivity index (χ2v) is 5.17. The summed E-state index contributed by atoms with van der Waals surface area (Å²) in [5.41, 5.74) is -0.555. The standard InChI is InChI=1S/C14H8Cl2N2O5/c15-11-5-9(10(14(20)21)6-12(11)16)13(19)17-7-1-3-8(4-2-7)18(22)23/h1-6H,(H,17,19)(H,20,21)/p-1. The van der Waals surface area contributed by atoms with Crippen molar-refractivity contribution in [2.24, 2.45) is 0 Å². The molecule has 9 heteroatoms. The summed E-state index contributed by atoms with van der Waals surface area (Å²) >= 11 is 11.5. The van der Waals surface area contributed by atoms with Crippen LogP contribution in [0.2, 0.25) is 10.0 Å². The third-order valence-corrected chi connectivity index (χ3v) is 3.58. The zero-order chi connectivity index (χ0) is 17.1. The van der Waals surface area contributed by atoms with Crippen molar-refractivity contribution in [1.82, 2.24) is 0 Å². The van der Waals surface area contributed by atoms with Gasteiger partial charge in [-0.2, -0.15) is 0 Å². The number of non-ortho nitro benzene ring substituents is 1. The number of anilines is 1. The van der Waals surface area contributed by atoms with Crippen molar-refractivity contribution in [2.45, 2.75) is 0 Å². The fourth-order valence-corrected chi connectivity index (χ4v) is 2.10. The van der Waals surface area contributed by atoms with Crippen molar-refractivity contribution in [3.05, 3.63) is 67.7 Å². The molecule has 2 aromatic carbocycles. The number of amides is 1. The third kappa shape index (κ3) is 3.77. The van der Waals surface area contributed by atoms with Crippen molar-refractivity contribution in [3.63, 3.8) is 0 Å². The molecule has 0 saturated carbocycles. The minimum Gasteiger partial charge on any atom is -0.545 e. The van der Waals surface area contributed by atoms with Gasteiger partial charge >= 0.3 is 0 Å². The van der Waals surface area contributed by atoms with E-state index >= 15 is 0 Å². The molecule has 1 N–H and O–H groups in total. The van der Waals surface area contributed by atoms with Crippen LogP contribution in [0, 0.1) is 10.1 Å². The highest BCUT2D eigenvalue weighted by molar-refractivity contribution is 6.42. The van der Waals surface area contributed by atoms with Crippen LogP contribution < -0.4 is 10.4 Å². The van der Waals surface area contributed by atoms with Crippen LogP contribution in [0.5, 0.6) is 0 Å². The molecule has 0 aliphatic heterocycles. The van der Waals surface area contributed by atoms with Crippen LogP contribution in [0.1, 0.15) is 20.7 Å². The number of nitro benzene ring substituents is 1. The van der Waals surface area contributed by atoms with Gasteiger partial charge in [-0.15, -0.1) is 0 Å². The van der Waals surface area contributed by atoms with E-state index in [1.807, 2.05) is 0 Å². The van der Waals surface area contributed by atoms with Crippen LogP contribution >= 0.6 is 23.2 Å². The van der Waals surface area contributed by atoms with Crippen molar-refractivity contribution >= 4 is 46.5 Å². The average molecular weight is 354 g/mol. The molecular formula is C14H7Cl2N2O5-. The lowest BCUT2D eigenvalue weighted by molar-refractivity contribution is -0.384. The molecule has 0 fully saturated rings. The first-order valence-corrected chi connectivity index (χ1v) is 6.81. The van der Waals surface area contributed by atoms with Crippen molar-refractivity contribution in [2.75, 3.05) is 5.32 Å². The number of aromatic carboxylic acids is 1. The largest absolute Gasteiger partial charge is 0.545 e. The maximum absolute atomic E-state index is 12.2. The Hall–Kier alpha value is -2.64. The van der Waals surface area contributed by atoms with Crippen molar-refractivity contribution in [3.8, 4) is 0 Å². The normalized spacial score (nSPS) is 10.2. The van der Waals surface area contributed by atoms with Crippen LogP contribution in [-0.2, 0) is 0 Å². The monoisotopic (exact) mass is 353 g/mol. The Morgan fingerprint density at radius 2 is 1.52 bits per heavy atom. The molecular weight excluding hydrogens is 347 g/mol. The number of nitrogens with one attached hydrogen (secondary N) is 1. The predicted octanol–water partition coefficient (Wildman–Crippen LogP) is 2.52. The van der Waals surface area contributed by atoms with Gasteiger partial charge in [-0.05, 0) is 24.3 Å². The number of carboxylic acids is 1. The Bertz CT molecular complexity index is 806. The van der Waals surface area contributed by atoms with Gasteiger partial charge in [-0.1, -0.05) is 23.2 Å². The SMILES string of the molecule is O=C([O-])c1cc(Cl)c(Cl)cc1C(=O)Nc1ccc([N+](=O)[O-])cc1. The molecule has 2 rings (SSSR count). The van der Waals surface area contributed by atoms with Crippen LogP contribution in [-0.4, -0.2) is 16.8 Å². The summed E-state index contributed by atoms with van der Waals surface area (Å²) in [4.78, 5) is 33.3. The fourth-order valence-electron chi connectivity index (χ4n) is 1.77. The summed E-state index contributed by atoms with van der Waals surface area (Å²) in [5.74, 6) is -2.35. The van der Waals surface area contributed by atoms with Gasteiger partial charge in [0.15, 0.2) is 0 Å².